The molecule has 0 aliphatic heterocycles. The van der Waals surface area contributed by atoms with Gasteiger partial charge in [0.1, 0.15) is 18.1 Å². The van der Waals surface area contributed by atoms with Crippen molar-refractivity contribution in [3.63, 3.8) is 0 Å². The highest BCUT2D eigenvalue weighted by Crippen LogP contribution is 2.35. The monoisotopic (exact) mass is 631 g/mol. The first-order valence-electron chi connectivity index (χ1n) is 18.8. The molecule has 3 nitrogen and oxygen atoms in total. The molecular formula is C43H66O3. The van der Waals surface area contributed by atoms with Gasteiger partial charge in [0.05, 0.1) is 6.61 Å². The van der Waals surface area contributed by atoms with Crippen LogP contribution in [-0.4, -0.2) is 19.5 Å². The summed E-state index contributed by atoms with van der Waals surface area (Å²) in [5.41, 5.74) is 2.86. The molecule has 3 aromatic rings. The third kappa shape index (κ3) is 11.9. The number of hydrogen-bond donors (Lipinski definition) is 0. The fourth-order valence-electron chi connectivity index (χ4n) is 7.12. The van der Waals surface area contributed by atoms with E-state index >= 15 is 0 Å². The quantitative estimate of drug-likeness (QED) is 0.110. The molecule has 3 aromatic carbocycles. The van der Waals surface area contributed by atoms with Crippen LogP contribution in [0.2, 0.25) is 0 Å². The summed E-state index contributed by atoms with van der Waals surface area (Å²) in [6, 6.07) is 22.2. The Labute approximate surface area is 282 Å². The van der Waals surface area contributed by atoms with Crippen LogP contribution in [-0.2, 0) is 4.74 Å². The SMILES string of the molecule is CC.CCCC(CC)c1ccc(OCCOC(CC2CCC(C)CC2)Oc2ccc3cc(C(CC(C)C)C(C)C)ccc3c2)cc1. The van der Waals surface area contributed by atoms with Gasteiger partial charge < -0.3 is 14.2 Å². The fourth-order valence-corrected chi connectivity index (χ4v) is 7.12. The van der Waals surface area contributed by atoms with Crippen molar-refractivity contribution < 1.29 is 14.2 Å². The minimum Gasteiger partial charge on any atom is -0.491 e. The van der Waals surface area contributed by atoms with E-state index in [4.69, 9.17) is 14.2 Å². The van der Waals surface area contributed by atoms with Gasteiger partial charge in [-0.15, -0.1) is 0 Å². The average Bonchev–Trinajstić information content (AvgIpc) is 3.06. The molecule has 1 aliphatic carbocycles. The van der Waals surface area contributed by atoms with E-state index in [-0.39, 0.29) is 6.29 Å². The molecule has 0 N–H and O–H groups in total. The first kappa shape index (κ1) is 37.9. The van der Waals surface area contributed by atoms with Gasteiger partial charge >= 0.3 is 0 Å². The molecular weight excluding hydrogens is 564 g/mol. The van der Waals surface area contributed by atoms with Gasteiger partial charge in [0.15, 0.2) is 6.29 Å². The second kappa shape index (κ2) is 20.0. The van der Waals surface area contributed by atoms with Gasteiger partial charge in [0.2, 0.25) is 0 Å². The molecule has 1 fully saturated rings. The van der Waals surface area contributed by atoms with Gasteiger partial charge in [-0.25, -0.2) is 0 Å². The molecule has 46 heavy (non-hydrogen) atoms. The van der Waals surface area contributed by atoms with Crippen LogP contribution in [0.15, 0.2) is 60.7 Å². The van der Waals surface area contributed by atoms with Crippen molar-refractivity contribution in [3.8, 4) is 11.5 Å². The molecule has 0 spiro atoms. The lowest BCUT2D eigenvalue weighted by Gasteiger charge is -2.29. The first-order chi connectivity index (χ1) is 22.2. The molecule has 0 aromatic heterocycles. The molecule has 0 bridgehead atoms. The van der Waals surface area contributed by atoms with E-state index in [1.54, 1.807) is 0 Å². The molecule has 3 heteroatoms. The summed E-state index contributed by atoms with van der Waals surface area (Å²) in [5, 5.41) is 2.50. The third-order valence-corrected chi connectivity index (χ3v) is 9.86. The van der Waals surface area contributed by atoms with Gasteiger partial charge in [0, 0.05) is 6.42 Å². The van der Waals surface area contributed by atoms with Crippen LogP contribution in [0.3, 0.4) is 0 Å². The summed E-state index contributed by atoms with van der Waals surface area (Å²) >= 11 is 0. The number of ether oxygens (including phenoxy) is 3. The Hall–Kier alpha value is -2.52. The van der Waals surface area contributed by atoms with Crippen LogP contribution >= 0.6 is 0 Å². The molecule has 0 amide bonds. The zero-order valence-electron chi connectivity index (χ0n) is 30.8. The zero-order valence-corrected chi connectivity index (χ0v) is 30.8. The van der Waals surface area contributed by atoms with Crippen molar-refractivity contribution in [1.29, 1.82) is 0 Å². The molecule has 3 atom stereocenters. The molecule has 0 heterocycles. The summed E-state index contributed by atoms with van der Waals surface area (Å²) in [7, 11) is 0. The Morgan fingerprint density at radius 3 is 2.00 bits per heavy atom. The number of hydrogen-bond acceptors (Lipinski definition) is 3. The Balaban J connectivity index is 0.00000282. The summed E-state index contributed by atoms with van der Waals surface area (Å²) in [5.74, 6) is 5.81. The first-order valence-corrected chi connectivity index (χ1v) is 18.8. The molecule has 256 valence electrons. The number of rotatable bonds is 17. The smallest absolute Gasteiger partial charge is 0.200 e. The predicted molar refractivity (Wildman–Crippen MR) is 198 cm³/mol. The maximum absolute atomic E-state index is 6.57. The van der Waals surface area contributed by atoms with E-state index in [2.05, 4.69) is 109 Å². The molecule has 4 rings (SSSR count). The van der Waals surface area contributed by atoms with Gasteiger partial charge in [0.25, 0.3) is 0 Å². The van der Waals surface area contributed by atoms with Crippen molar-refractivity contribution in [2.24, 2.45) is 23.7 Å². The number of benzene rings is 3. The Bertz CT molecular complexity index is 1240. The van der Waals surface area contributed by atoms with E-state index in [1.165, 1.54) is 73.3 Å². The molecule has 1 aliphatic rings. The maximum Gasteiger partial charge on any atom is 0.200 e. The average molecular weight is 631 g/mol. The van der Waals surface area contributed by atoms with Crippen LogP contribution in [0.1, 0.15) is 143 Å². The minimum absolute atomic E-state index is 0.271. The molecule has 1 saturated carbocycles. The second-order valence-corrected chi connectivity index (χ2v) is 14.3. The van der Waals surface area contributed by atoms with Gasteiger partial charge in [-0.3, -0.25) is 0 Å². The van der Waals surface area contributed by atoms with Crippen LogP contribution in [0.4, 0.5) is 0 Å². The maximum atomic E-state index is 6.57. The second-order valence-electron chi connectivity index (χ2n) is 14.3. The topological polar surface area (TPSA) is 27.7 Å². The van der Waals surface area contributed by atoms with Gasteiger partial charge in [-0.05, 0) is 114 Å². The summed E-state index contributed by atoms with van der Waals surface area (Å²) in [6.07, 6.45) is 10.6. The van der Waals surface area contributed by atoms with E-state index in [0.29, 0.717) is 42.8 Å². The van der Waals surface area contributed by atoms with Crippen molar-refractivity contribution in [2.45, 2.75) is 138 Å². The van der Waals surface area contributed by atoms with Crippen LogP contribution in [0.25, 0.3) is 10.8 Å². The molecule has 0 saturated heterocycles. The zero-order chi connectivity index (χ0) is 33.5. The van der Waals surface area contributed by atoms with Crippen LogP contribution in [0, 0.1) is 23.7 Å². The Morgan fingerprint density at radius 2 is 1.37 bits per heavy atom. The van der Waals surface area contributed by atoms with E-state index in [9.17, 15) is 0 Å². The standard InChI is InChI=1S/C41H60O3.C2H6/c1-8-10-33(9-2)34-17-20-38(21-18-34)42-23-24-43-41(26-32-13-11-31(7)12-14-32)44-39-22-19-35-27-37(16-15-36(35)28-39)40(30(5)6)25-29(3)4;1-2/h15-22,27-33,40-41H,8-14,23-26H2,1-7H3;1-2H3. The minimum atomic E-state index is -0.271. The lowest BCUT2D eigenvalue weighted by atomic mass is 9.81. The summed E-state index contributed by atoms with van der Waals surface area (Å²) < 4.78 is 19.0. The molecule has 0 radical (unpaired) electrons. The molecule has 3 unspecified atom stereocenters. The van der Waals surface area contributed by atoms with Crippen LogP contribution in [0.5, 0.6) is 11.5 Å². The van der Waals surface area contributed by atoms with E-state index < -0.39 is 0 Å². The largest absolute Gasteiger partial charge is 0.491 e. The normalized spacial score (nSPS) is 18.6. The lowest BCUT2D eigenvalue weighted by molar-refractivity contribution is -0.101. The highest BCUT2D eigenvalue weighted by atomic mass is 16.7. The summed E-state index contributed by atoms with van der Waals surface area (Å²) in [4.78, 5) is 0. The lowest BCUT2D eigenvalue weighted by Crippen LogP contribution is -2.27. The van der Waals surface area contributed by atoms with Gasteiger partial charge in [-0.2, -0.15) is 0 Å². The predicted octanol–water partition coefficient (Wildman–Crippen LogP) is 13.0. The van der Waals surface area contributed by atoms with E-state index in [1.807, 2.05) is 13.8 Å². The van der Waals surface area contributed by atoms with Crippen molar-refractivity contribution in [3.05, 3.63) is 71.8 Å². The number of fused-ring (bicyclic) bond motifs is 1. The Kier molecular flexibility index (Phi) is 16.5. The fraction of sp³-hybridized carbons (Fsp3) is 0.628. The van der Waals surface area contributed by atoms with Gasteiger partial charge in [-0.1, -0.05) is 118 Å². The van der Waals surface area contributed by atoms with Crippen molar-refractivity contribution in [2.75, 3.05) is 13.2 Å². The Morgan fingerprint density at radius 1 is 0.739 bits per heavy atom. The van der Waals surface area contributed by atoms with Crippen molar-refractivity contribution in [1.82, 2.24) is 0 Å². The highest BCUT2D eigenvalue weighted by molar-refractivity contribution is 5.84. The third-order valence-electron chi connectivity index (χ3n) is 9.86. The van der Waals surface area contributed by atoms with Crippen LogP contribution < -0.4 is 9.47 Å². The van der Waals surface area contributed by atoms with E-state index in [0.717, 1.165) is 23.8 Å². The van der Waals surface area contributed by atoms with Crippen molar-refractivity contribution >= 4 is 10.8 Å². The highest BCUT2D eigenvalue weighted by Gasteiger charge is 2.24. The summed E-state index contributed by atoms with van der Waals surface area (Å²) in [6.45, 7) is 21.3.